The number of rotatable bonds is 10. The molecule has 0 spiro atoms. The molecular weight excluding hydrogens is 488 g/mol. The van der Waals surface area contributed by atoms with Gasteiger partial charge in [0.15, 0.2) is 5.13 Å². The van der Waals surface area contributed by atoms with Crippen LogP contribution >= 0.6 is 11.3 Å². The largest absolute Gasteiger partial charge is 0.348 e. The van der Waals surface area contributed by atoms with Gasteiger partial charge in [-0.2, -0.15) is 0 Å². The second-order valence-electron chi connectivity index (χ2n) is 9.40. The molecule has 0 aliphatic carbocycles. The molecule has 0 fully saturated rings. The fraction of sp³-hybridized carbons (Fsp3) is 0.188. The molecule has 0 radical (unpaired) electrons. The molecule has 0 aliphatic heterocycles. The number of anilines is 1. The van der Waals surface area contributed by atoms with E-state index in [1.807, 2.05) is 48.5 Å². The lowest BCUT2D eigenvalue weighted by atomic mass is 10.1. The van der Waals surface area contributed by atoms with Gasteiger partial charge >= 0.3 is 0 Å². The first-order valence-electron chi connectivity index (χ1n) is 13.0. The number of fused-ring (bicyclic) bond motifs is 1. The zero-order valence-electron chi connectivity index (χ0n) is 21.6. The summed E-state index contributed by atoms with van der Waals surface area (Å²) in [5.74, 6) is -0.0833. The Bertz CT molecular complexity index is 1530. The van der Waals surface area contributed by atoms with Crippen molar-refractivity contribution in [1.29, 1.82) is 0 Å². The zero-order valence-corrected chi connectivity index (χ0v) is 22.4. The molecule has 38 heavy (non-hydrogen) atoms. The number of nitrogens with two attached hydrogens (primary N) is 1. The summed E-state index contributed by atoms with van der Waals surface area (Å²) in [5.41, 5.74) is 11.8. The number of carbonyl (C=O) groups excluding carboxylic acids is 1. The molecule has 0 aliphatic rings. The highest BCUT2D eigenvalue weighted by Crippen LogP contribution is 2.30. The Labute approximate surface area is 228 Å². The summed E-state index contributed by atoms with van der Waals surface area (Å²) in [6.07, 6.45) is 1.02. The van der Waals surface area contributed by atoms with Crippen LogP contribution in [0.3, 0.4) is 0 Å². The monoisotopic (exact) mass is 520 g/mol. The van der Waals surface area contributed by atoms with Gasteiger partial charge in [0.1, 0.15) is 0 Å². The minimum absolute atomic E-state index is 0.0833. The molecule has 5 nitrogen and oxygen atoms in total. The number of thiazole rings is 1. The number of hydrogen-bond acceptors (Lipinski definition) is 5. The Morgan fingerprint density at radius 3 is 2.47 bits per heavy atom. The Morgan fingerprint density at radius 2 is 1.68 bits per heavy atom. The maximum Gasteiger partial charge on any atom is 0.251 e. The molecule has 4 aromatic carbocycles. The molecule has 5 aromatic rings. The number of aromatic nitrogens is 1. The molecule has 0 saturated heterocycles. The van der Waals surface area contributed by atoms with Gasteiger partial charge in [0.2, 0.25) is 0 Å². The molecule has 6 heteroatoms. The van der Waals surface area contributed by atoms with Crippen LogP contribution in [-0.4, -0.2) is 17.4 Å². The normalized spacial score (nSPS) is 11.0. The standard InChI is InChI=1S/C32H32N4OS/c1-2-16-36(32-35-30(22-38-32)29-15-14-26-8-3-4-9-28(26)18-29)21-23-10-12-27(13-11-23)31(37)34-20-25-7-5-6-24(17-25)19-33/h3-15,17-18,22H,2,16,19-21,33H2,1H3,(H,34,37). The predicted octanol–water partition coefficient (Wildman–Crippen LogP) is 6.77. The van der Waals surface area contributed by atoms with Crippen LogP contribution in [0.25, 0.3) is 22.0 Å². The van der Waals surface area contributed by atoms with E-state index in [2.05, 4.69) is 65.0 Å². The predicted molar refractivity (Wildman–Crippen MR) is 158 cm³/mol. The molecule has 3 N–H and O–H groups in total. The van der Waals surface area contributed by atoms with E-state index in [4.69, 9.17) is 10.7 Å². The van der Waals surface area contributed by atoms with Crippen molar-refractivity contribution in [2.45, 2.75) is 33.0 Å². The van der Waals surface area contributed by atoms with Crippen LogP contribution in [0.4, 0.5) is 5.13 Å². The number of benzene rings is 4. The van der Waals surface area contributed by atoms with Crippen LogP contribution in [0, 0.1) is 0 Å². The lowest BCUT2D eigenvalue weighted by molar-refractivity contribution is 0.0951. The van der Waals surface area contributed by atoms with E-state index in [-0.39, 0.29) is 5.91 Å². The molecule has 0 atom stereocenters. The molecule has 1 heterocycles. The Kier molecular flexibility index (Phi) is 8.12. The Balaban J connectivity index is 1.24. The van der Waals surface area contributed by atoms with Gasteiger partial charge in [-0.1, -0.05) is 79.7 Å². The Morgan fingerprint density at radius 1 is 0.895 bits per heavy atom. The summed E-state index contributed by atoms with van der Waals surface area (Å²) in [6, 6.07) is 30.7. The average molecular weight is 521 g/mol. The van der Waals surface area contributed by atoms with E-state index in [1.165, 1.54) is 10.8 Å². The van der Waals surface area contributed by atoms with Crippen molar-refractivity contribution in [3.8, 4) is 11.3 Å². The van der Waals surface area contributed by atoms with Gasteiger partial charge < -0.3 is 16.0 Å². The van der Waals surface area contributed by atoms with Crippen LogP contribution in [0.1, 0.15) is 40.4 Å². The molecule has 1 amide bonds. The van der Waals surface area contributed by atoms with Gasteiger partial charge in [-0.15, -0.1) is 11.3 Å². The molecule has 192 valence electrons. The zero-order chi connectivity index (χ0) is 26.3. The van der Waals surface area contributed by atoms with Crippen molar-refractivity contribution < 1.29 is 4.79 Å². The van der Waals surface area contributed by atoms with Crippen molar-refractivity contribution in [1.82, 2.24) is 10.3 Å². The molecule has 0 saturated carbocycles. The molecule has 1 aromatic heterocycles. The van der Waals surface area contributed by atoms with Gasteiger partial charge in [0, 0.05) is 42.7 Å². The lowest BCUT2D eigenvalue weighted by Crippen LogP contribution is -2.24. The minimum Gasteiger partial charge on any atom is -0.348 e. The fourth-order valence-electron chi connectivity index (χ4n) is 4.54. The Hall–Kier alpha value is -4.00. The minimum atomic E-state index is -0.0833. The molecule has 0 unspecified atom stereocenters. The molecule has 0 bridgehead atoms. The van der Waals surface area contributed by atoms with E-state index < -0.39 is 0 Å². The number of amides is 1. The average Bonchev–Trinajstić information content (AvgIpc) is 3.46. The quantitative estimate of drug-likeness (QED) is 0.213. The number of hydrogen-bond donors (Lipinski definition) is 2. The highest BCUT2D eigenvalue weighted by molar-refractivity contribution is 7.14. The van der Waals surface area contributed by atoms with Crippen LogP contribution in [0.15, 0.2) is 96.4 Å². The first kappa shape index (κ1) is 25.6. The number of carbonyl (C=O) groups is 1. The van der Waals surface area contributed by atoms with Crippen LogP contribution in [0.2, 0.25) is 0 Å². The van der Waals surface area contributed by atoms with Crippen LogP contribution < -0.4 is 16.0 Å². The molecular formula is C32H32N4OS. The van der Waals surface area contributed by atoms with Crippen LogP contribution in [0.5, 0.6) is 0 Å². The SMILES string of the molecule is CCCN(Cc1ccc(C(=O)NCc2cccc(CN)c2)cc1)c1nc(-c2ccc3ccccc3c2)cs1. The van der Waals surface area contributed by atoms with Gasteiger partial charge in [-0.05, 0) is 52.1 Å². The maximum atomic E-state index is 12.7. The van der Waals surface area contributed by atoms with Gasteiger partial charge in [-0.25, -0.2) is 4.98 Å². The number of nitrogens with zero attached hydrogens (tertiary/aromatic N) is 2. The third-order valence-corrected chi connectivity index (χ3v) is 7.47. The number of nitrogens with one attached hydrogen (secondary N) is 1. The summed E-state index contributed by atoms with van der Waals surface area (Å²) in [7, 11) is 0. The first-order chi connectivity index (χ1) is 18.6. The topological polar surface area (TPSA) is 71.2 Å². The third-order valence-electron chi connectivity index (χ3n) is 6.57. The van der Waals surface area contributed by atoms with Crippen molar-refractivity contribution in [2.75, 3.05) is 11.4 Å². The van der Waals surface area contributed by atoms with E-state index >= 15 is 0 Å². The summed E-state index contributed by atoms with van der Waals surface area (Å²) in [5, 5.41) is 8.61. The van der Waals surface area contributed by atoms with Crippen molar-refractivity contribution in [2.24, 2.45) is 5.73 Å². The maximum absolute atomic E-state index is 12.7. The van der Waals surface area contributed by atoms with Crippen molar-refractivity contribution in [3.63, 3.8) is 0 Å². The van der Waals surface area contributed by atoms with Gasteiger partial charge in [-0.3, -0.25) is 4.79 Å². The summed E-state index contributed by atoms with van der Waals surface area (Å²) >= 11 is 1.68. The smallest absolute Gasteiger partial charge is 0.251 e. The third kappa shape index (κ3) is 6.10. The van der Waals surface area contributed by atoms with E-state index in [9.17, 15) is 4.79 Å². The molecule has 5 rings (SSSR count). The highest BCUT2D eigenvalue weighted by atomic mass is 32.1. The van der Waals surface area contributed by atoms with Crippen LogP contribution in [-0.2, 0) is 19.6 Å². The van der Waals surface area contributed by atoms with E-state index in [0.717, 1.165) is 52.6 Å². The fourth-order valence-corrected chi connectivity index (χ4v) is 5.40. The van der Waals surface area contributed by atoms with E-state index in [1.54, 1.807) is 11.3 Å². The summed E-state index contributed by atoms with van der Waals surface area (Å²) in [6.45, 7) is 4.80. The van der Waals surface area contributed by atoms with E-state index in [0.29, 0.717) is 18.7 Å². The van der Waals surface area contributed by atoms with Gasteiger partial charge in [0.25, 0.3) is 5.91 Å². The summed E-state index contributed by atoms with van der Waals surface area (Å²) in [4.78, 5) is 20.0. The summed E-state index contributed by atoms with van der Waals surface area (Å²) < 4.78 is 0. The lowest BCUT2D eigenvalue weighted by Gasteiger charge is -2.21. The van der Waals surface area contributed by atoms with Gasteiger partial charge in [0.05, 0.1) is 5.69 Å². The van der Waals surface area contributed by atoms with Crippen molar-refractivity contribution in [3.05, 3.63) is 119 Å². The second kappa shape index (κ2) is 12.0. The highest BCUT2D eigenvalue weighted by Gasteiger charge is 2.14. The second-order valence-corrected chi connectivity index (χ2v) is 10.2. The first-order valence-corrected chi connectivity index (χ1v) is 13.9. The van der Waals surface area contributed by atoms with Crippen molar-refractivity contribution >= 4 is 33.1 Å².